The minimum Gasteiger partial charge on any atom is -0.473 e. The van der Waals surface area contributed by atoms with E-state index in [1.165, 1.54) is 11.1 Å². The van der Waals surface area contributed by atoms with Gasteiger partial charge in [0.15, 0.2) is 0 Å². The second-order valence-corrected chi connectivity index (χ2v) is 4.93. The Hall–Kier alpha value is -2.28. The Balaban J connectivity index is 1.54. The predicted molar refractivity (Wildman–Crippen MR) is 88.9 cm³/mol. The van der Waals surface area contributed by atoms with E-state index in [1.54, 1.807) is 12.5 Å². The first-order chi connectivity index (χ1) is 10.4. The van der Waals surface area contributed by atoms with E-state index in [0.29, 0.717) is 0 Å². The summed E-state index contributed by atoms with van der Waals surface area (Å²) in [6.07, 6.45) is 11.8. The first kappa shape index (κ1) is 15.1. The van der Waals surface area contributed by atoms with E-state index in [-0.39, 0.29) is 0 Å². The monoisotopic (exact) mass is 278 g/mol. The van der Waals surface area contributed by atoms with Crippen LogP contribution in [0.2, 0.25) is 0 Å². The normalized spacial score (nSPS) is 11.2. The third-order valence-electron chi connectivity index (χ3n) is 3.23. The molecule has 0 heterocycles. The van der Waals surface area contributed by atoms with Gasteiger partial charge in [-0.3, -0.25) is 0 Å². The van der Waals surface area contributed by atoms with Gasteiger partial charge in [0.05, 0.1) is 12.5 Å². The van der Waals surface area contributed by atoms with Crippen LogP contribution < -0.4 is 0 Å². The molecule has 0 unspecified atom stereocenters. The van der Waals surface area contributed by atoms with Crippen LogP contribution in [0.25, 0.3) is 0 Å². The van der Waals surface area contributed by atoms with Crippen LogP contribution in [0.3, 0.4) is 0 Å². The summed E-state index contributed by atoms with van der Waals surface area (Å²) in [5.41, 5.74) is 2.72. The number of rotatable bonds is 8. The zero-order valence-electron chi connectivity index (χ0n) is 12.3. The van der Waals surface area contributed by atoms with Crippen LogP contribution in [0, 0.1) is 0 Å². The van der Waals surface area contributed by atoms with Gasteiger partial charge in [0.2, 0.25) is 0 Å². The highest BCUT2D eigenvalue weighted by molar-refractivity contribution is 5.15. The second-order valence-electron chi connectivity index (χ2n) is 4.93. The molecular formula is C20H22O. The topological polar surface area (TPSA) is 9.23 Å². The molecule has 0 radical (unpaired) electrons. The van der Waals surface area contributed by atoms with E-state index < -0.39 is 0 Å². The molecular weight excluding hydrogens is 256 g/mol. The number of allylic oxidation sites excluding steroid dienone is 2. The van der Waals surface area contributed by atoms with E-state index in [2.05, 4.69) is 60.7 Å². The molecule has 0 saturated heterocycles. The highest BCUT2D eigenvalue weighted by Crippen LogP contribution is 2.04. The van der Waals surface area contributed by atoms with Gasteiger partial charge in [0.1, 0.15) is 0 Å². The molecule has 0 aliphatic carbocycles. The lowest BCUT2D eigenvalue weighted by Crippen LogP contribution is -1.82. The maximum absolute atomic E-state index is 5.35. The fourth-order valence-corrected chi connectivity index (χ4v) is 2.08. The minimum absolute atomic E-state index is 1.00. The Kier molecular flexibility index (Phi) is 6.91. The summed E-state index contributed by atoms with van der Waals surface area (Å²) in [6.45, 7) is 0. The average Bonchev–Trinajstić information content (AvgIpc) is 2.55. The summed E-state index contributed by atoms with van der Waals surface area (Å²) in [5, 5.41) is 0. The molecule has 0 saturated carbocycles. The van der Waals surface area contributed by atoms with Crippen LogP contribution in [-0.4, -0.2) is 0 Å². The summed E-state index contributed by atoms with van der Waals surface area (Å²) in [7, 11) is 0. The predicted octanol–water partition coefficient (Wildman–Crippen LogP) is 5.30. The molecule has 21 heavy (non-hydrogen) atoms. The molecule has 108 valence electrons. The fourth-order valence-electron chi connectivity index (χ4n) is 2.08. The molecule has 0 fully saturated rings. The van der Waals surface area contributed by atoms with Crippen molar-refractivity contribution in [1.29, 1.82) is 0 Å². The molecule has 0 bridgehead atoms. The summed E-state index contributed by atoms with van der Waals surface area (Å²) < 4.78 is 5.35. The maximum atomic E-state index is 5.35. The SMILES string of the molecule is C(=COC=CCCc1ccccc1)CCc1ccccc1. The van der Waals surface area contributed by atoms with Crippen molar-refractivity contribution in [3.05, 3.63) is 96.5 Å². The molecule has 0 amide bonds. The van der Waals surface area contributed by atoms with Crippen LogP contribution in [0.15, 0.2) is 85.3 Å². The van der Waals surface area contributed by atoms with Crippen molar-refractivity contribution in [3.63, 3.8) is 0 Å². The smallest absolute Gasteiger partial charge is 0.0861 e. The number of ether oxygens (including phenoxy) is 1. The highest BCUT2D eigenvalue weighted by atomic mass is 16.5. The van der Waals surface area contributed by atoms with Gasteiger partial charge in [-0.2, -0.15) is 0 Å². The van der Waals surface area contributed by atoms with E-state index >= 15 is 0 Å². The van der Waals surface area contributed by atoms with Crippen molar-refractivity contribution in [3.8, 4) is 0 Å². The van der Waals surface area contributed by atoms with Gasteiger partial charge in [0.25, 0.3) is 0 Å². The van der Waals surface area contributed by atoms with E-state index in [9.17, 15) is 0 Å². The third kappa shape index (κ3) is 6.62. The minimum atomic E-state index is 1.00. The van der Waals surface area contributed by atoms with E-state index in [4.69, 9.17) is 4.74 Å². The molecule has 2 aromatic rings. The molecule has 0 aliphatic heterocycles. The van der Waals surface area contributed by atoms with Gasteiger partial charge in [-0.1, -0.05) is 60.7 Å². The quantitative estimate of drug-likeness (QED) is 0.596. The zero-order chi connectivity index (χ0) is 14.6. The van der Waals surface area contributed by atoms with E-state index in [0.717, 1.165) is 25.7 Å². The maximum Gasteiger partial charge on any atom is 0.0861 e. The van der Waals surface area contributed by atoms with Gasteiger partial charge in [-0.05, 0) is 49.0 Å². The Bertz CT molecular complexity index is 489. The lowest BCUT2D eigenvalue weighted by Gasteiger charge is -1.97. The van der Waals surface area contributed by atoms with Gasteiger partial charge in [0, 0.05) is 0 Å². The molecule has 0 aliphatic rings. The van der Waals surface area contributed by atoms with Crippen molar-refractivity contribution in [1.82, 2.24) is 0 Å². The van der Waals surface area contributed by atoms with Gasteiger partial charge in [-0.15, -0.1) is 0 Å². The lowest BCUT2D eigenvalue weighted by atomic mass is 10.1. The van der Waals surface area contributed by atoms with Crippen molar-refractivity contribution in [2.45, 2.75) is 25.7 Å². The summed E-state index contributed by atoms with van der Waals surface area (Å²) in [4.78, 5) is 0. The summed E-state index contributed by atoms with van der Waals surface area (Å²) in [5.74, 6) is 0. The Morgan fingerprint density at radius 1 is 0.619 bits per heavy atom. The van der Waals surface area contributed by atoms with Crippen molar-refractivity contribution in [2.24, 2.45) is 0 Å². The highest BCUT2D eigenvalue weighted by Gasteiger charge is 1.89. The molecule has 0 N–H and O–H groups in total. The van der Waals surface area contributed by atoms with Crippen molar-refractivity contribution >= 4 is 0 Å². The number of benzene rings is 2. The van der Waals surface area contributed by atoms with Crippen LogP contribution in [0.5, 0.6) is 0 Å². The number of hydrogen-bond acceptors (Lipinski definition) is 1. The van der Waals surface area contributed by atoms with Crippen LogP contribution in [-0.2, 0) is 17.6 Å². The largest absolute Gasteiger partial charge is 0.473 e. The lowest BCUT2D eigenvalue weighted by molar-refractivity contribution is 0.398. The van der Waals surface area contributed by atoms with Gasteiger partial charge >= 0.3 is 0 Å². The average molecular weight is 278 g/mol. The fraction of sp³-hybridized carbons (Fsp3) is 0.200. The molecule has 2 rings (SSSR count). The first-order valence-corrected chi connectivity index (χ1v) is 7.48. The van der Waals surface area contributed by atoms with Crippen LogP contribution >= 0.6 is 0 Å². The van der Waals surface area contributed by atoms with Crippen molar-refractivity contribution in [2.75, 3.05) is 0 Å². The first-order valence-electron chi connectivity index (χ1n) is 7.48. The number of hydrogen-bond donors (Lipinski definition) is 0. The van der Waals surface area contributed by atoms with Gasteiger partial charge in [-0.25, -0.2) is 0 Å². The number of aryl methyl sites for hydroxylation is 2. The Labute approximate surface area is 127 Å². The third-order valence-corrected chi connectivity index (χ3v) is 3.23. The Morgan fingerprint density at radius 2 is 1.05 bits per heavy atom. The second kappa shape index (κ2) is 9.60. The molecule has 0 atom stereocenters. The van der Waals surface area contributed by atoms with Crippen molar-refractivity contribution < 1.29 is 4.74 Å². The Morgan fingerprint density at radius 3 is 1.48 bits per heavy atom. The zero-order valence-corrected chi connectivity index (χ0v) is 12.3. The molecule has 1 nitrogen and oxygen atoms in total. The summed E-state index contributed by atoms with van der Waals surface area (Å²) in [6, 6.07) is 21.0. The van der Waals surface area contributed by atoms with E-state index in [1.807, 2.05) is 12.1 Å². The standard InChI is InChI=1S/C20H22O/c1-3-11-19(12-4-1)15-7-9-17-21-18-10-8-16-20-13-5-2-6-14-20/h1-6,9-14,17-18H,7-8,15-16H2. The van der Waals surface area contributed by atoms with Gasteiger partial charge < -0.3 is 4.74 Å². The molecule has 2 aromatic carbocycles. The van der Waals surface area contributed by atoms with Crippen LogP contribution in [0.4, 0.5) is 0 Å². The summed E-state index contributed by atoms with van der Waals surface area (Å²) >= 11 is 0. The van der Waals surface area contributed by atoms with Crippen LogP contribution in [0.1, 0.15) is 24.0 Å². The molecule has 0 aromatic heterocycles. The molecule has 1 heteroatoms. The molecule has 0 spiro atoms.